The Kier molecular flexibility index (Phi) is 5.88. The number of amides is 1. The van der Waals surface area contributed by atoms with Gasteiger partial charge in [0.2, 0.25) is 5.91 Å². The largest absolute Gasteiger partial charge is 0.315 e. The highest BCUT2D eigenvalue weighted by molar-refractivity contribution is 9.10. The van der Waals surface area contributed by atoms with Crippen LogP contribution in [0.2, 0.25) is 0 Å². The minimum absolute atomic E-state index is 0.0812. The van der Waals surface area contributed by atoms with Crippen LogP contribution < -0.4 is 4.90 Å². The second kappa shape index (κ2) is 7.66. The third-order valence-corrected chi connectivity index (χ3v) is 5.22. The smallest absolute Gasteiger partial charge is 0.239 e. The Bertz CT molecular complexity index is 603. The van der Waals surface area contributed by atoms with Gasteiger partial charge in [0.1, 0.15) is 0 Å². The van der Waals surface area contributed by atoms with Crippen molar-refractivity contribution < 1.29 is 4.79 Å². The van der Waals surface area contributed by atoms with Crippen LogP contribution in [0, 0.1) is 0 Å². The fraction of sp³-hybridized carbons (Fsp3) is 0.235. The van der Waals surface area contributed by atoms with Crippen molar-refractivity contribution >= 4 is 39.3 Å². The molecule has 0 spiro atoms. The van der Waals surface area contributed by atoms with Crippen molar-refractivity contribution in [2.45, 2.75) is 17.9 Å². The van der Waals surface area contributed by atoms with Crippen LogP contribution in [0.1, 0.15) is 12.5 Å². The first-order valence-electron chi connectivity index (χ1n) is 6.77. The van der Waals surface area contributed by atoms with Crippen molar-refractivity contribution in [1.29, 1.82) is 0 Å². The molecule has 0 bridgehead atoms. The summed E-state index contributed by atoms with van der Waals surface area (Å²) in [6.45, 7) is 1.96. The quantitative estimate of drug-likeness (QED) is 0.764. The van der Waals surface area contributed by atoms with Crippen molar-refractivity contribution in [3.8, 4) is 0 Å². The summed E-state index contributed by atoms with van der Waals surface area (Å²) in [6.07, 6.45) is 0. The number of anilines is 1. The number of nitrogens with zero attached hydrogens (tertiary/aromatic N) is 1. The Morgan fingerprint density at radius 3 is 2.43 bits per heavy atom. The molecule has 1 amide bonds. The Labute approximate surface area is 138 Å². The number of rotatable bonds is 5. The summed E-state index contributed by atoms with van der Waals surface area (Å²) < 4.78 is 1.09. The van der Waals surface area contributed by atoms with Crippen LogP contribution >= 0.6 is 27.7 Å². The lowest BCUT2D eigenvalue weighted by Crippen LogP contribution is -2.33. The molecule has 1 atom stereocenters. The van der Waals surface area contributed by atoms with Crippen LogP contribution in [0.5, 0.6) is 0 Å². The van der Waals surface area contributed by atoms with E-state index in [0.29, 0.717) is 0 Å². The van der Waals surface area contributed by atoms with E-state index >= 15 is 0 Å². The molecule has 0 aliphatic heterocycles. The van der Waals surface area contributed by atoms with Crippen LogP contribution in [-0.2, 0) is 10.5 Å². The maximum atomic E-state index is 12.4. The van der Waals surface area contributed by atoms with E-state index in [1.54, 1.807) is 16.7 Å². The maximum absolute atomic E-state index is 12.4. The van der Waals surface area contributed by atoms with Crippen molar-refractivity contribution in [2.24, 2.45) is 0 Å². The summed E-state index contributed by atoms with van der Waals surface area (Å²) in [5, 5.41) is -0.0812. The molecule has 0 N–H and O–H groups in total. The third-order valence-electron chi connectivity index (χ3n) is 3.27. The van der Waals surface area contributed by atoms with E-state index in [2.05, 4.69) is 22.0 Å². The number of halogens is 1. The highest BCUT2D eigenvalue weighted by atomic mass is 79.9. The number of carbonyl (C=O) groups excluding carboxylic acids is 1. The first-order chi connectivity index (χ1) is 10.1. The number of thioether (sulfide) groups is 1. The maximum Gasteiger partial charge on any atom is 0.239 e. The predicted molar refractivity (Wildman–Crippen MR) is 94.8 cm³/mol. The molecular weight excluding hydrogens is 346 g/mol. The molecule has 0 radical (unpaired) electrons. The van der Waals surface area contributed by atoms with Gasteiger partial charge < -0.3 is 4.90 Å². The Morgan fingerprint density at radius 1 is 1.14 bits per heavy atom. The standard InChI is InChI=1S/C17H18BrNOS/c1-13(21-12-14-8-6-7-11-16(14)18)17(20)19(2)15-9-4-3-5-10-15/h3-11,13H,12H2,1-2H3. The average molecular weight is 364 g/mol. The van der Waals surface area contributed by atoms with E-state index in [1.807, 2.05) is 62.5 Å². The molecule has 0 aromatic heterocycles. The van der Waals surface area contributed by atoms with Crippen molar-refractivity contribution in [3.05, 3.63) is 64.6 Å². The molecule has 0 fully saturated rings. The molecule has 1 unspecified atom stereocenters. The lowest BCUT2D eigenvalue weighted by Gasteiger charge is -2.21. The van der Waals surface area contributed by atoms with Crippen LogP contribution in [0.3, 0.4) is 0 Å². The predicted octanol–water partition coefficient (Wildman–Crippen LogP) is 4.73. The molecule has 0 aliphatic rings. The molecule has 0 heterocycles. The molecule has 2 rings (SSSR count). The van der Waals surface area contributed by atoms with Gasteiger partial charge in [-0.1, -0.05) is 52.3 Å². The van der Waals surface area contributed by atoms with Crippen LogP contribution in [0.15, 0.2) is 59.1 Å². The minimum atomic E-state index is -0.0812. The van der Waals surface area contributed by atoms with Crippen LogP contribution in [0.25, 0.3) is 0 Å². The number of para-hydroxylation sites is 1. The van der Waals surface area contributed by atoms with Gasteiger partial charge in [0.15, 0.2) is 0 Å². The highest BCUT2D eigenvalue weighted by Crippen LogP contribution is 2.25. The Morgan fingerprint density at radius 2 is 1.76 bits per heavy atom. The summed E-state index contributed by atoms with van der Waals surface area (Å²) in [7, 11) is 1.83. The van der Waals surface area contributed by atoms with E-state index in [1.165, 1.54) is 5.56 Å². The number of hydrogen-bond acceptors (Lipinski definition) is 2. The summed E-state index contributed by atoms with van der Waals surface area (Å²) in [6, 6.07) is 17.8. The van der Waals surface area contributed by atoms with Gasteiger partial charge in [0.25, 0.3) is 0 Å². The molecule has 2 aromatic rings. The second-order valence-electron chi connectivity index (χ2n) is 4.78. The lowest BCUT2D eigenvalue weighted by atomic mass is 10.2. The molecule has 110 valence electrons. The SMILES string of the molecule is CC(SCc1ccccc1Br)C(=O)N(C)c1ccccc1. The number of hydrogen-bond donors (Lipinski definition) is 0. The van der Waals surface area contributed by atoms with E-state index in [0.717, 1.165) is 15.9 Å². The Balaban J connectivity index is 1.95. The van der Waals surface area contributed by atoms with E-state index < -0.39 is 0 Å². The van der Waals surface area contributed by atoms with Gasteiger partial charge in [-0.25, -0.2) is 0 Å². The molecule has 0 saturated carbocycles. The van der Waals surface area contributed by atoms with E-state index in [9.17, 15) is 4.79 Å². The normalized spacial score (nSPS) is 12.0. The second-order valence-corrected chi connectivity index (χ2v) is 6.96. The molecular formula is C17H18BrNOS. The molecule has 2 aromatic carbocycles. The highest BCUT2D eigenvalue weighted by Gasteiger charge is 2.19. The van der Waals surface area contributed by atoms with Gasteiger partial charge in [0.05, 0.1) is 5.25 Å². The van der Waals surface area contributed by atoms with Crippen molar-refractivity contribution in [1.82, 2.24) is 0 Å². The summed E-state index contributed by atoms with van der Waals surface area (Å²) in [5.41, 5.74) is 2.14. The van der Waals surface area contributed by atoms with Gasteiger partial charge in [0, 0.05) is 23.0 Å². The lowest BCUT2D eigenvalue weighted by molar-refractivity contribution is -0.117. The third kappa shape index (κ3) is 4.35. The van der Waals surface area contributed by atoms with Gasteiger partial charge in [-0.2, -0.15) is 0 Å². The molecule has 2 nitrogen and oxygen atoms in total. The number of benzene rings is 2. The zero-order valence-corrected chi connectivity index (χ0v) is 14.5. The topological polar surface area (TPSA) is 20.3 Å². The summed E-state index contributed by atoms with van der Waals surface area (Å²) in [5.74, 6) is 0.940. The summed E-state index contributed by atoms with van der Waals surface area (Å²) >= 11 is 5.19. The zero-order valence-electron chi connectivity index (χ0n) is 12.1. The molecule has 21 heavy (non-hydrogen) atoms. The van der Waals surface area contributed by atoms with E-state index in [-0.39, 0.29) is 11.2 Å². The van der Waals surface area contributed by atoms with Crippen molar-refractivity contribution in [3.63, 3.8) is 0 Å². The van der Waals surface area contributed by atoms with Gasteiger partial charge in [-0.05, 0) is 30.7 Å². The van der Waals surface area contributed by atoms with Crippen LogP contribution in [0.4, 0.5) is 5.69 Å². The zero-order chi connectivity index (χ0) is 15.2. The first kappa shape index (κ1) is 16.1. The minimum Gasteiger partial charge on any atom is -0.315 e. The molecule has 4 heteroatoms. The van der Waals surface area contributed by atoms with Gasteiger partial charge in [-0.15, -0.1) is 11.8 Å². The fourth-order valence-corrected chi connectivity index (χ4v) is 3.55. The first-order valence-corrected chi connectivity index (χ1v) is 8.61. The Hall–Kier alpha value is -1.26. The summed E-state index contributed by atoms with van der Waals surface area (Å²) in [4.78, 5) is 14.2. The van der Waals surface area contributed by atoms with Crippen LogP contribution in [-0.4, -0.2) is 18.2 Å². The number of carbonyl (C=O) groups is 1. The monoisotopic (exact) mass is 363 g/mol. The fourth-order valence-electron chi connectivity index (χ4n) is 1.95. The molecule has 0 saturated heterocycles. The molecule has 0 aliphatic carbocycles. The van der Waals surface area contributed by atoms with Crippen molar-refractivity contribution in [2.75, 3.05) is 11.9 Å². The van der Waals surface area contributed by atoms with Gasteiger partial charge in [-0.3, -0.25) is 4.79 Å². The van der Waals surface area contributed by atoms with E-state index in [4.69, 9.17) is 0 Å². The average Bonchev–Trinajstić information content (AvgIpc) is 2.53. The van der Waals surface area contributed by atoms with Gasteiger partial charge >= 0.3 is 0 Å².